The Kier molecular flexibility index (Phi) is 19.4. The third-order valence-corrected chi connectivity index (χ3v) is 2.29. The Bertz CT molecular complexity index is 314. The Balaban J connectivity index is -0.000000372. The third-order valence-electron chi connectivity index (χ3n) is 2.29. The summed E-state index contributed by atoms with van der Waals surface area (Å²) in [5, 5.41) is 46.6. The molecule has 8 nitrogen and oxygen atoms in total. The molecule has 130 valence electrons. The predicted molar refractivity (Wildman–Crippen MR) is 80.2 cm³/mol. The lowest BCUT2D eigenvalue weighted by Crippen LogP contribution is -2.26. The average molecular weight is 322 g/mol. The number of aliphatic hydroxyl groups is 2. The first-order valence-electron chi connectivity index (χ1n) is 6.82. The zero-order chi connectivity index (χ0) is 18.0. The van der Waals surface area contributed by atoms with Crippen molar-refractivity contribution >= 4 is 12.3 Å². The van der Waals surface area contributed by atoms with Crippen molar-refractivity contribution in [2.24, 2.45) is 0 Å². The van der Waals surface area contributed by atoms with E-state index in [9.17, 15) is 5.11 Å². The second-order valence-corrected chi connectivity index (χ2v) is 4.26. The summed E-state index contributed by atoms with van der Waals surface area (Å²) >= 11 is 0. The molecule has 0 aromatic carbocycles. The molecule has 0 fully saturated rings. The van der Waals surface area contributed by atoms with Gasteiger partial charge in [0.25, 0.3) is 0 Å². The van der Waals surface area contributed by atoms with E-state index in [2.05, 4.69) is 25.7 Å². The first-order chi connectivity index (χ1) is 10.1. The maximum absolute atomic E-state index is 10.1. The molecule has 0 spiro atoms. The van der Waals surface area contributed by atoms with Gasteiger partial charge in [-0.15, -0.1) is 0 Å². The quantitative estimate of drug-likeness (QED) is 0.407. The number of unbranched alkanes of at least 4 members (excludes halogenated alkanes) is 2. The fourth-order valence-corrected chi connectivity index (χ4v) is 1.39. The van der Waals surface area contributed by atoms with E-state index in [-0.39, 0.29) is 6.61 Å². The largest absolute Gasteiger partial charge is 0.503 e. The Morgan fingerprint density at radius 1 is 0.909 bits per heavy atom. The fraction of sp³-hybridized carbons (Fsp3) is 0.714. The molecule has 0 aromatic heterocycles. The second-order valence-electron chi connectivity index (χ2n) is 4.26. The van der Waals surface area contributed by atoms with Crippen LogP contribution in [0.3, 0.4) is 0 Å². The van der Waals surface area contributed by atoms with Crippen LogP contribution in [0.25, 0.3) is 0 Å². The molecule has 0 rings (SSSR count). The van der Waals surface area contributed by atoms with Crippen LogP contribution in [0.4, 0.5) is 9.59 Å². The smallest absolute Gasteiger partial charge is 0.450 e. The number of aliphatic hydroxyl groups excluding tert-OH is 1. The minimum atomic E-state index is -1.83. The molecule has 8 heteroatoms. The van der Waals surface area contributed by atoms with E-state index in [1.165, 1.54) is 0 Å². The Labute approximate surface area is 130 Å². The highest BCUT2D eigenvalue weighted by atomic mass is 16.6. The number of rotatable bonds is 6. The van der Waals surface area contributed by atoms with Gasteiger partial charge in [-0.3, -0.25) is 0 Å². The third kappa shape index (κ3) is 30.8. The molecule has 0 heterocycles. The van der Waals surface area contributed by atoms with Crippen LogP contribution in [-0.4, -0.2) is 55.2 Å². The van der Waals surface area contributed by atoms with Gasteiger partial charge in [0.05, 0.1) is 0 Å². The van der Waals surface area contributed by atoms with Crippen molar-refractivity contribution < 1.29 is 40.2 Å². The SMILES string of the molecule is CCCCC(O)(C#CCO)CCCC.O=C(O)O.O=C(O)O. The lowest BCUT2D eigenvalue weighted by Gasteiger charge is -2.21. The van der Waals surface area contributed by atoms with Crippen molar-refractivity contribution in [3.63, 3.8) is 0 Å². The summed E-state index contributed by atoms with van der Waals surface area (Å²) in [6.07, 6.45) is 1.87. The molecule has 0 unspecified atom stereocenters. The summed E-state index contributed by atoms with van der Waals surface area (Å²) in [5.41, 5.74) is -0.866. The van der Waals surface area contributed by atoms with Gasteiger partial charge < -0.3 is 30.6 Å². The summed E-state index contributed by atoms with van der Waals surface area (Å²) < 4.78 is 0. The van der Waals surface area contributed by atoms with Crippen molar-refractivity contribution in [1.82, 2.24) is 0 Å². The summed E-state index contributed by atoms with van der Waals surface area (Å²) in [7, 11) is 0. The summed E-state index contributed by atoms with van der Waals surface area (Å²) in [6.45, 7) is 4.03. The molecule has 0 aromatic rings. The van der Waals surface area contributed by atoms with Crippen molar-refractivity contribution in [2.45, 2.75) is 58.0 Å². The van der Waals surface area contributed by atoms with Crippen LogP contribution in [0, 0.1) is 11.8 Å². The minimum absolute atomic E-state index is 0.166. The van der Waals surface area contributed by atoms with Crippen LogP contribution in [0.5, 0.6) is 0 Å². The van der Waals surface area contributed by atoms with Crippen molar-refractivity contribution in [3.05, 3.63) is 0 Å². The molecule has 0 saturated carbocycles. The van der Waals surface area contributed by atoms with Crippen LogP contribution in [0.1, 0.15) is 52.4 Å². The van der Waals surface area contributed by atoms with E-state index in [0.717, 1.165) is 38.5 Å². The standard InChI is InChI=1S/C12H22O2.2CH2O3/c1-3-5-8-12(14,9-6-4-2)10-7-11-13;2*2-1(3)4/h13-14H,3-6,8-9,11H2,1-2H3;2*(H2,2,3,4). The highest BCUT2D eigenvalue weighted by Crippen LogP contribution is 2.20. The van der Waals surface area contributed by atoms with Gasteiger partial charge in [-0.25, -0.2) is 9.59 Å². The zero-order valence-corrected chi connectivity index (χ0v) is 12.9. The molecule has 0 bridgehead atoms. The van der Waals surface area contributed by atoms with Gasteiger partial charge >= 0.3 is 12.3 Å². The summed E-state index contributed by atoms with van der Waals surface area (Å²) in [5.74, 6) is 5.33. The number of hydrogen-bond donors (Lipinski definition) is 6. The van der Waals surface area contributed by atoms with E-state index in [1.54, 1.807) is 0 Å². The van der Waals surface area contributed by atoms with E-state index in [1.807, 2.05) is 0 Å². The van der Waals surface area contributed by atoms with E-state index >= 15 is 0 Å². The summed E-state index contributed by atoms with van der Waals surface area (Å²) in [6, 6.07) is 0. The molecule has 0 saturated heterocycles. The van der Waals surface area contributed by atoms with E-state index in [4.69, 9.17) is 35.1 Å². The molecule has 0 amide bonds. The molecule has 0 atom stereocenters. The summed E-state index contributed by atoms with van der Waals surface area (Å²) in [4.78, 5) is 17.1. The maximum atomic E-state index is 10.1. The van der Waals surface area contributed by atoms with Crippen LogP contribution < -0.4 is 0 Å². The molecule has 0 aliphatic rings. The highest BCUT2D eigenvalue weighted by Gasteiger charge is 2.22. The monoisotopic (exact) mass is 322 g/mol. The van der Waals surface area contributed by atoms with Crippen LogP contribution in [0.2, 0.25) is 0 Å². The normalized spacial score (nSPS) is 9.09. The molecule has 6 N–H and O–H groups in total. The Morgan fingerprint density at radius 2 is 1.23 bits per heavy atom. The Morgan fingerprint density at radius 3 is 1.45 bits per heavy atom. The first kappa shape index (κ1) is 25.0. The van der Waals surface area contributed by atoms with Crippen LogP contribution in [-0.2, 0) is 0 Å². The molecular weight excluding hydrogens is 296 g/mol. The van der Waals surface area contributed by atoms with Gasteiger partial charge in [0.1, 0.15) is 12.2 Å². The van der Waals surface area contributed by atoms with E-state index in [0.29, 0.717) is 0 Å². The van der Waals surface area contributed by atoms with Gasteiger partial charge in [0.2, 0.25) is 0 Å². The number of carboxylic acid groups (broad SMARTS) is 4. The molecule has 0 aliphatic heterocycles. The zero-order valence-electron chi connectivity index (χ0n) is 12.9. The Hall–Kier alpha value is -1.98. The molecular formula is C14H26O8. The predicted octanol–water partition coefficient (Wildman–Crippen LogP) is 2.54. The molecule has 22 heavy (non-hydrogen) atoms. The van der Waals surface area contributed by atoms with Gasteiger partial charge in [-0.1, -0.05) is 38.5 Å². The average Bonchev–Trinajstić information content (AvgIpc) is 2.40. The molecule has 0 aliphatic carbocycles. The van der Waals surface area contributed by atoms with Crippen LogP contribution >= 0.6 is 0 Å². The lowest BCUT2D eigenvalue weighted by molar-refractivity contribution is 0.0771. The maximum Gasteiger partial charge on any atom is 0.503 e. The first-order valence-corrected chi connectivity index (χ1v) is 6.82. The molecule has 0 radical (unpaired) electrons. The van der Waals surface area contributed by atoms with E-state index < -0.39 is 17.9 Å². The van der Waals surface area contributed by atoms with Gasteiger partial charge in [-0.05, 0) is 25.7 Å². The van der Waals surface area contributed by atoms with Crippen molar-refractivity contribution in [1.29, 1.82) is 0 Å². The van der Waals surface area contributed by atoms with Crippen molar-refractivity contribution in [3.8, 4) is 11.8 Å². The van der Waals surface area contributed by atoms with Crippen molar-refractivity contribution in [2.75, 3.05) is 6.61 Å². The van der Waals surface area contributed by atoms with Gasteiger partial charge in [0, 0.05) is 0 Å². The minimum Gasteiger partial charge on any atom is -0.450 e. The van der Waals surface area contributed by atoms with Gasteiger partial charge in [0.15, 0.2) is 0 Å². The number of carbonyl (C=O) groups is 2. The topological polar surface area (TPSA) is 156 Å². The number of hydrogen-bond acceptors (Lipinski definition) is 4. The van der Waals surface area contributed by atoms with Gasteiger partial charge in [-0.2, -0.15) is 0 Å². The van der Waals surface area contributed by atoms with Crippen LogP contribution in [0.15, 0.2) is 0 Å². The fourth-order valence-electron chi connectivity index (χ4n) is 1.39. The lowest BCUT2D eigenvalue weighted by atomic mass is 9.91. The highest BCUT2D eigenvalue weighted by molar-refractivity contribution is 5.53. The second kappa shape index (κ2) is 17.1.